The average molecular weight is 253 g/mol. The zero-order chi connectivity index (χ0) is 13.8. The molecule has 0 fully saturated rings. The van der Waals surface area contributed by atoms with E-state index in [1.807, 2.05) is 48.5 Å². The second-order valence-electron chi connectivity index (χ2n) is 4.02. The minimum absolute atomic E-state index is 0.0777. The number of nitrogens with zero attached hydrogens (tertiary/aromatic N) is 3. The maximum atomic E-state index is 10.7. The largest absolute Gasteiger partial charge is 0.351 e. The molecule has 0 saturated carbocycles. The van der Waals surface area contributed by atoms with Crippen LogP contribution in [-0.2, 0) is 0 Å². The van der Waals surface area contributed by atoms with Crippen LogP contribution in [0.25, 0.3) is 6.08 Å². The van der Waals surface area contributed by atoms with Gasteiger partial charge in [0, 0.05) is 31.1 Å². The Labute approximate surface area is 110 Å². The van der Waals surface area contributed by atoms with Gasteiger partial charge in [-0.25, -0.2) is 0 Å². The van der Waals surface area contributed by atoms with E-state index in [1.165, 1.54) is 12.1 Å². The van der Waals surface area contributed by atoms with Gasteiger partial charge < -0.3 is 4.90 Å². The van der Waals surface area contributed by atoms with Crippen molar-refractivity contribution < 1.29 is 4.92 Å². The first-order chi connectivity index (χ1) is 9.11. The maximum Gasteiger partial charge on any atom is 0.270 e. The van der Waals surface area contributed by atoms with Crippen molar-refractivity contribution in [2.24, 2.45) is 0 Å². The number of hydrogen-bond donors (Lipinski definition) is 0. The van der Waals surface area contributed by atoms with E-state index in [9.17, 15) is 10.1 Å². The van der Waals surface area contributed by atoms with E-state index in [1.54, 1.807) is 6.07 Å². The van der Waals surface area contributed by atoms with Crippen LogP contribution in [0, 0.1) is 21.4 Å². The summed E-state index contributed by atoms with van der Waals surface area (Å²) in [4.78, 5) is 12.1. The van der Waals surface area contributed by atoms with Gasteiger partial charge in [-0.15, -0.1) is 0 Å². The molecule has 0 atom stereocenters. The standard InChI is InChI=1S/C14H11N3O2/c1-16-7-3-2-4-13(16)8-11-5-6-14(17(18)19)9-12(11)10-15/h2-9H,1H3/b13-8-. The number of allylic oxidation sites excluding steroid dienone is 3. The highest BCUT2D eigenvalue weighted by Crippen LogP contribution is 2.21. The van der Waals surface area contributed by atoms with E-state index in [0.29, 0.717) is 5.56 Å². The molecule has 19 heavy (non-hydrogen) atoms. The van der Waals surface area contributed by atoms with Crippen molar-refractivity contribution in [3.63, 3.8) is 0 Å². The van der Waals surface area contributed by atoms with Crippen molar-refractivity contribution in [1.29, 1.82) is 5.26 Å². The van der Waals surface area contributed by atoms with Crippen LogP contribution in [0.5, 0.6) is 0 Å². The normalized spacial score (nSPS) is 15.6. The highest BCUT2D eigenvalue weighted by atomic mass is 16.6. The van der Waals surface area contributed by atoms with Crippen LogP contribution in [0.1, 0.15) is 11.1 Å². The molecule has 1 aromatic carbocycles. The summed E-state index contributed by atoms with van der Waals surface area (Å²) < 4.78 is 0. The summed E-state index contributed by atoms with van der Waals surface area (Å²) in [5, 5.41) is 19.7. The fraction of sp³-hybridized carbons (Fsp3) is 0.0714. The molecule has 1 aliphatic heterocycles. The lowest BCUT2D eigenvalue weighted by Gasteiger charge is -2.18. The molecule has 5 nitrogen and oxygen atoms in total. The number of likely N-dealkylation sites (N-methyl/N-ethyl adjacent to an activating group) is 1. The first kappa shape index (κ1) is 12.6. The van der Waals surface area contributed by atoms with Gasteiger partial charge in [0.2, 0.25) is 0 Å². The molecule has 94 valence electrons. The molecule has 0 N–H and O–H groups in total. The quantitative estimate of drug-likeness (QED) is 0.600. The zero-order valence-electron chi connectivity index (χ0n) is 10.3. The third kappa shape index (κ3) is 2.69. The lowest BCUT2D eigenvalue weighted by molar-refractivity contribution is -0.384. The van der Waals surface area contributed by atoms with Crippen LogP contribution in [0.2, 0.25) is 0 Å². The minimum atomic E-state index is -0.507. The fourth-order valence-corrected chi connectivity index (χ4v) is 1.73. The Morgan fingerprint density at radius 3 is 2.84 bits per heavy atom. The van der Waals surface area contributed by atoms with Crippen molar-refractivity contribution in [2.75, 3.05) is 7.05 Å². The fourth-order valence-electron chi connectivity index (χ4n) is 1.73. The van der Waals surface area contributed by atoms with Gasteiger partial charge in [0.25, 0.3) is 5.69 Å². The second-order valence-corrected chi connectivity index (χ2v) is 4.02. The van der Waals surface area contributed by atoms with Gasteiger partial charge in [0.15, 0.2) is 0 Å². The topological polar surface area (TPSA) is 70.2 Å². The molecule has 0 spiro atoms. The van der Waals surface area contributed by atoms with Gasteiger partial charge in [0.1, 0.15) is 6.07 Å². The SMILES string of the molecule is CN1C=CC=C/C1=C/c1ccc([N+](=O)[O-])cc1C#N. The molecule has 0 bridgehead atoms. The van der Waals surface area contributed by atoms with Crippen LogP contribution in [0.4, 0.5) is 5.69 Å². The first-order valence-electron chi connectivity index (χ1n) is 5.60. The number of hydrogen-bond acceptors (Lipinski definition) is 4. The molecule has 1 aromatic rings. The lowest BCUT2D eigenvalue weighted by atomic mass is 10.1. The molecule has 0 saturated heterocycles. The predicted molar refractivity (Wildman–Crippen MR) is 71.8 cm³/mol. The molecule has 0 aromatic heterocycles. The number of nitriles is 1. The smallest absolute Gasteiger partial charge is 0.270 e. The first-order valence-corrected chi connectivity index (χ1v) is 5.60. The number of rotatable bonds is 2. The van der Waals surface area contributed by atoms with Crippen molar-refractivity contribution >= 4 is 11.8 Å². The molecule has 1 aliphatic rings. The second kappa shape index (κ2) is 5.19. The summed E-state index contributed by atoms with van der Waals surface area (Å²) in [5.74, 6) is 0. The Kier molecular flexibility index (Phi) is 3.44. The molecule has 5 heteroatoms. The third-order valence-corrected chi connectivity index (χ3v) is 2.77. The van der Waals surface area contributed by atoms with E-state index < -0.39 is 4.92 Å². The molecule has 1 heterocycles. The van der Waals surface area contributed by atoms with Crippen molar-refractivity contribution in [3.05, 3.63) is 69.6 Å². The molecule has 0 amide bonds. The molecular weight excluding hydrogens is 242 g/mol. The Hall–Kier alpha value is -2.87. The van der Waals surface area contributed by atoms with Crippen LogP contribution in [-0.4, -0.2) is 16.9 Å². The van der Waals surface area contributed by atoms with Gasteiger partial charge in [-0.3, -0.25) is 10.1 Å². The third-order valence-electron chi connectivity index (χ3n) is 2.77. The molecule has 2 rings (SSSR count). The highest BCUT2D eigenvalue weighted by Gasteiger charge is 2.10. The van der Waals surface area contributed by atoms with Crippen LogP contribution < -0.4 is 0 Å². The summed E-state index contributed by atoms with van der Waals surface area (Å²) in [6.07, 6.45) is 9.41. The van der Waals surface area contributed by atoms with E-state index in [-0.39, 0.29) is 11.3 Å². The van der Waals surface area contributed by atoms with Gasteiger partial charge in [-0.2, -0.15) is 5.26 Å². The Morgan fingerprint density at radius 2 is 2.21 bits per heavy atom. The van der Waals surface area contributed by atoms with E-state index in [4.69, 9.17) is 5.26 Å². The highest BCUT2D eigenvalue weighted by molar-refractivity contribution is 5.64. The van der Waals surface area contributed by atoms with E-state index >= 15 is 0 Å². The van der Waals surface area contributed by atoms with Crippen molar-refractivity contribution in [3.8, 4) is 6.07 Å². The van der Waals surface area contributed by atoms with Gasteiger partial charge in [-0.05, 0) is 29.9 Å². The van der Waals surface area contributed by atoms with E-state index in [0.717, 1.165) is 5.70 Å². The Balaban J connectivity index is 2.44. The van der Waals surface area contributed by atoms with Crippen molar-refractivity contribution in [1.82, 2.24) is 4.90 Å². The van der Waals surface area contributed by atoms with Gasteiger partial charge in [-0.1, -0.05) is 6.08 Å². The predicted octanol–water partition coefficient (Wildman–Crippen LogP) is 2.82. The number of nitro groups is 1. The monoisotopic (exact) mass is 253 g/mol. The molecule has 0 aliphatic carbocycles. The molecular formula is C14H11N3O2. The zero-order valence-corrected chi connectivity index (χ0v) is 10.3. The Morgan fingerprint density at radius 1 is 1.42 bits per heavy atom. The lowest BCUT2D eigenvalue weighted by Crippen LogP contribution is -2.10. The summed E-state index contributed by atoms with van der Waals surface area (Å²) >= 11 is 0. The maximum absolute atomic E-state index is 10.7. The summed E-state index contributed by atoms with van der Waals surface area (Å²) in [7, 11) is 1.89. The summed E-state index contributed by atoms with van der Waals surface area (Å²) in [6, 6.07) is 6.26. The van der Waals surface area contributed by atoms with Crippen LogP contribution in [0.15, 0.2) is 48.3 Å². The van der Waals surface area contributed by atoms with Gasteiger partial charge >= 0.3 is 0 Å². The number of non-ortho nitro benzene ring substituents is 1. The summed E-state index contributed by atoms with van der Waals surface area (Å²) in [5.41, 5.74) is 1.78. The number of nitro benzene ring substituents is 1. The minimum Gasteiger partial charge on any atom is -0.351 e. The van der Waals surface area contributed by atoms with E-state index in [2.05, 4.69) is 0 Å². The average Bonchev–Trinajstić information content (AvgIpc) is 2.41. The van der Waals surface area contributed by atoms with Crippen molar-refractivity contribution in [2.45, 2.75) is 0 Å². The summed E-state index contributed by atoms with van der Waals surface area (Å²) in [6.45, 7) is 0. The molecule has 0 radical (unpaired) electrons. The Bertz CT molecular complexity index is 651. The van der Waals surface area contributed by atoms with Crippen LogP contribution >= 0.6 is 0 Å². The van der Waals surface area contributed by atoms with Gasteiger partial charge in [0.05, 0.1) is 10.5 Å². The number of benzene rings is 1. The molecule has 0 unspecified atom stereocenters. The van der Waals surface area contributed by atoms with Crippen LogP contribution in [0.3, 0.4) is 0 Å².